The molecule has 1 fully saturated rings. The monoisotopic (exact) mass is 335 g/mol. The van der Waals surface area contributed by atoms with Crippen LogP contribution in [-0.4, -0.2) is 51.6 Å². The molecule has 6 heteroatoms. The summed E-state index contributed by atoms with van der Waals surface area (Å²) in [4.78, 5) is 21.6. The summed E-state index contributed by atoms with van der Waals surface area (Å²) in [6.45, 7) is 6.96. The Hall–Kier alpha value is -2.89. The molecule has 4 rings (SSSR count). The van der Waals surface area contributed by atoms with E-state index in [-0.39, 0.29) is 5.91 Å². The van der Waals surface area contributed by atoms with Crippen LogP contribution in [0.4, 0.5) is 5.69 Å². The number of rotatable bonds is 2. The first kappa shape index (κ1) is 15.6. The summed E-state index contributed by atoms with van der Waals surface area (Å²) in [5, 5.41) is 4.39. The zero-order chi connectivity index (χ0) is 17.4. The third-order valence-corrected chi connectivity index (χ3v) is 4.63. The Balaban J connectivity index is 1.51. The highest BCUT2D eigenvalue weighted by atomic mass is 16.2. The van der Waals surface area contributed by atoms with Gasteiger partial charge in [0.05, 0.1) is 5.69 Å². The molecule has 1 aliphatic heterocycles. The molecule has 2 aromatic heterocycles. The molecule has 0 N–H and O–H groups in total. The molecule has 1 aliphatic rings. The fourth-order valence-electron chi connectivity index (χ4n) is 3.32. The van der Waals surface area contributed by atoms with Gasteiger partial charge < -0.3 is 9.80 Å². The lowest BCUT2D eigenvalue weighted by atomic mass is 10.2. The molecule has 0 unspecified atom stereocenters. The number of carbonyl (C=O) groups excluding carboxylic acids is 1. The summed E-state index contributed by atoms with van der Waals surface area (Å²) in [7, 11) is 0. The third-order valence-electron chi connectivity index (χ3n) is 4.63. The molecule has 0 saturated carbocycles. The summed E-state index contributed by atoms with van der Waals surface area (Å²) >= 11 is 0. The van der Waals surface area contributed by atoms with Crippen molar-refractivity contribution in [3.8, 4) is 0 Å². The Morgan fingerprint density at radius 1 is 1.00 bits per heavy atom. The molecule has 0 bridgehead atoms. The van der Waals surface area contributed by atoms with E-state index in [2.05, 4.69) is 27.1 Å². The zero-order valence-electron chi connectivity index (χ0n) is 14.5. The topological polar surface area (TPSA) is 53.7 Å². The van der Waals surface area contributed by atoms with Gasteiger partial charge in [0.15, 0.2) is 5.65 Å². The Morgan fingerprint density at radius 2 is 1.72 bits per heavy atom. The van der Waals surface area contributed by atoms with Crippen molar-refractivity contribution in [2.75, 3.05) is 31.1 Å². The number of piperazine rings is 1. The molecule has 0 spiro atoms. The van der Waals surface area contributed by atoms with Gasteiger partial charge in [-0.3, -0.25) is 4.79 Å². The molecule has 128 valence electrons. The summed E-state index contributed by atoms with van der Waals surface area (Å²) < 4.78 is 1.78. The van der Waals surface area contributed by atoms with Crippen LogP contribution >= 0.6 is 0 Å². The van der Waals surface area contributed by atoms with Gasteiger partial charge in [-0.15, -0.1) is 0 Å². The van der Waals surface area contributed by atoms with Crippen LogP contribution in [0, 0.1) is 13.8 Å². The molecule has 25 heavy (non-hydrogen) atoms. The van der Waals surface area contributed by atoms with E-state index in [0.717, 1.165) is 30.1 Å². The first-order valence-corrected chi connectivity index (χ1v) is 8.55. The van der Waals surface area contributed by atoms with Crippen molar-refractivity contribution in [1.29, 1.82) is 0 Å². The van der Waals surface area contributed by atoms with Gasteiger partial charge in [0.25, 0.3) is 5.91 Å². The smallest absolute Gasteiger partial charge is 0.272 e. The molecule has 3 heterocycles. The van der Waals surface area contributed by atoms with Gasteiger partial charge in [0.2, 0.25) is 0 Å². The van der Waals surface area contributed by atoms with Crippen LogP contribution in [0.3, 0.4) is 0 Å². The number of benzene rings is 1. The summed E-state index contributed by atoms with van der Waals surface area (Å²) in [6.07, 6.45) is 0. The lowest BCUT2D eigenvalue weighted by Gasteiger charge is -2.36. The number of aromatic nitrogens is 3. The zero-order valence-corrected chi connectivity index (χ0v) is 14.5. The molecular weight excluding hydrogens is 314 g/mol. The fraction of sp³-hybridized carbons (Fsp3) is 0.316. The van der Waals surface area contributed by atoms with E-state index in [4.69, 9.17) is 0 Å². The minimum Gasteiger partial charge on any atom is -0.368 e. The molecule has 3 aromatic rings. The number of anilines is 1. The van der Waals surface area contributed by atoms with E-state index in [9.17, 15) is 4.79 Å². The normalized spacial score (nSPS) is 15.0. The lowest BCUT2D eigenvalue weighted by molar-refractivity contribution is 0.0741. The first-order chi connectivity index (χ1) is 12.1. The van der Waals surface area contributed by atoms with Crippen LogP contribution in [0.25, 0.3) is 5.65 Å². The van der Waals surface area contributed by atoms with Crippen molar-refractivity contribution in [3.05, 3.63) is 59.5 Å². The minimum atomic E-state index is -0.00263. The first-order valence-electron chi connectivity index (χ1n) is 8.55. The number of aryl methyl sites for hydroxylation is 2. The van der Waals surface area contributed by atoms with Crippen LogP contribution in [-0.2, 0) is 0 Å². The van der Waals surface area contributed by atoms with E-state index < -0.39 is 0 Å². The van der Waals surface area contributed by atoms with Gasteiger partial charge in [-0.1, -0.05) is 18.2 Å². The van der Waals surface area contributed by atoms with Crippen LogP contribution in [0.5, 0.6) is 0 Å². The molecule has 0 aliphatic carbocycles. The van der Waals surface area contributed by atoms with Crippen molar-refractivity contribution >= 4 is 17.2 Å². The van der Waals surface area contributed by atoms with Crippen LogP contribution in [0.15, 0.2) is 42.5 Å². The predicted octanol–water partition coefficient (Wildman–Crippen LogP) is 2.31. The van der Waals surface area contributed by atoms with E-state index in [1.165, 1.54) is 5.69 Å². The van der Waals surface area contributed by atoms with Gasteiger partial charge in [0, 0.05) is 43.6 Å². The molecule has 1 amide bonds. The second kappa shape index (κ2) is 6.20. The molecule has 1 aromatic carbocycles. The third kappa shape index (κ3) is 2.95. The highest BCUT2D eigenvalue weighted by molar-refractivity contribution is 5.93. The van der Waals surface area contributed by atoms with Crippen molar-refractivity contribution in [1.82, 2.24) is 19.5 Å². The number of hydrogen-bond donors (Lipinski definition) is 0. The molecule has 1 saturated heterocycles. The quantitative estimate of drug-likeness (QED) is 0.721. The molecule has 6 nitrogen and oxygen atoms in total. The van der Waals surface area contributed by atoms with Crippen molar-refractivity contribution in [3.63, 3.8) is 0 Å². The second-order valence-corrected chi connectivity index (χ2v) is 6.45. The van der Waals surface area contributed by atoms with Gasteiger partial charge in [0.1, 0.15) is 5.69 Å². The molecule has 0 radical (unpaired) electrons. The second-order valence-electron chi connectivity index (χ2n) is 6.45. The van der Waals surface area contributed by atoms with E-state index in [0.29, 0.717) is 18.8 Å². The van der Waals surface area contributed by atoms with Crippen molar-refractivity contribution in [2.45, 2.75) is 13.8 Å². The van der Waals surface area contributed by atoms with Crippen LogP contribution < -0.4 is 4.90 Å². The van der Waals surface area contributed by atoms with E-state index in [1.807, 2.05) is 49.1 Å². The number of fused-ring (bicyclic) bond motifs is 1. The van der Waals surface area contributed by atoms with Crippen LogP contribution in [0.1, 0.15) is 21.9 Å². The Kier molecular flexibility index (Phi) is 3.87. The SMILES string of the molecule is Cc1cc2nc(C(=O)N3CCN(c4ccccc4)CC3)cc(C)n2n1. The van der Waals surface area contributed by atoms with Crippen molar-refractivity contribution in [2.24, 2.45) is 0 Å². The van der Waals surface area contributed by atoms with Crippen LogP contribution in [0.2, 0.25) is 0 Å². The van der Waals surface area contributed by atoms with E-state index in [1.54, 1.807) is 4.52 Å². The van der Waals surface area contributed by atoms with E-state index >= 15 is 0 Å². The largest absolute Gasteiger partial charge is 0.368 e. The number of amides is 1. The number of para-hydroxylation sites is 1. The maximum atomic E-state index is 12.9. The molecular formula is C19H21N5O. The minimum absolute atomic E-state index is 0.00263. The fourth-order valence-corrected chi connectivity index (χ4v) is 3.32. The van der Waals surface area contributed by atoms with Gasteiger partial charge >= 0.3 is 0 Å². The summed E-state index contributed by atoms with van der Waals surface area (Å²) in [5.74, 6) is -0.00263. The number of carbonyl (C=O) groups is 1. The number of nitrogens with zero attached hydrogens (tertiary/aromatic N) is 5. The number of hydrogen-bond acceptors (Lipinski definition) is 4. The Morgan fingerprint density at radius 3 is 2.44 bits per heavy atom. The predicted molar refractivity (Wildman–Crippen MR) is 97.0 cm³/mol. The summed E-state index contributed by atoms with van der Waals surface area (Å²) in [5.41, 5.74) is 4.25. The standard InChI is InChI=1S/C19H21N5O/c1-14-12-18-20-17(13-15(2)24(18)21-14)19(25)23-10-8-22(9-11-23)16-6-4-3-5-7-16/h3-7,12-13H,8-11H2,1-2H3. The lowest BCUT2D eigenvalue weighted by Crippen LogP contribution is -2.49. The van der Waals surface area contributed by atoms with Crippen molar-refractivity contribution < 1.29 is 4.79 Å². The van der Waals surface area contributed by atoms with Gasteiger partial charge in [-0.2, -0.15) is 5.10 Å². The van der Waals surface area contributed by atoms with Gasteiger partial charge in [-0.25, -0.2) is 9.50 Å². The molecule has 0 atom stereocenters. The Bertz CT molecular complexity index is 910. The average Bonchev–Trinajstić information content (AvgIpc) is 3.03. The summed E-state index contributed by atoms with van der Waals surface area (Å²) in [6, 6.07) is 14.1. The maximum absolute atomic E-state index is 12.9. The van der Waals surface area contributed by atoms with Gasteiger partial charge in [-0.05, 0) is 32.0 Å². The Labute approximate surface area is 146 Å². The highest BCUT2D eigenvalue weighted by Gasteiger charge is 2.24. The maximum Gasteiger partial charge on any atom is 0.272 e. The highest BCUT2D eigenvalue weighted by Crippen LogP contribution is 2.17. The average molecular weight is 335 g/mol.